The SMILES string of the molecule is O=C(O)CCC/C=C\C[C@H]1[C@@H](/C=C/C(O)COc2ccc(F)cc2)[C@H]2CC[C@@H]1O2. The van der Waals surface area contributed by atoms with E-state index in [1.807, 2.05) is 6.08 Å². The van der Waals surface area contributed by atoms with Gasteiger partial charge in [0, 0.05) is 12.3 Å². The number of hydrogen-bond acceptors (Lipinski definition) is 4. The van der Waals surface area contributed by atoms with Crippen LogP contribution in [0.1, 0.15) is 38.5 Å². The van der Waals surface area contributed by atoms with Crippen LogP contribution in [-0.2, 0) is 9.53 Å². The van der Waals surface area contributed by atoms with E-state index in [-0.39, 0.29) is 37.0 Å². The van der Waals surface area contributed by atoms with Gasteiger partial charge in [0.1, 0.15) is 24.3 Å². The third-order valence-corrected chi connectivity index (χ3v) is 5.61. The summed E-state index contributed by atoms with van der Waals surface area (Å²) in [6, 6.07) is 5.72. The summed E-state index contributed by atoms with van der Waals surface area (Å²) < 4.78 is 24.5. The van der Waals surface area contributed by atoms with Crippen molar-refractivity contribution >= 4 is 5.97 Å². The highest BCUT2D eigenvalue weighted by molar-refractivity contribution is 5.66. The van der Waals surface area contributed by atoms with Crippen molar-refractivity contribution in [3.63, 3.8) is 0 Å². The first-order valence-corrected chi connectivity index (χ1v) is 10.3. The predicted molar refractivity (Wildman–Crippen MR) is 107 cm³/mol. The minimum atomic E-state index is -0.757. The summed E-state index contributed by atoms with van der Waals surface area (Å²) in [7, 11) is 0. The minimum absolute atomic E-state index is 0.109. The lowest BCUT2D eigenvalue weighted by molar-refractivity contribution is -0.137. The largest absolute Gasteiger partial charge is 0.491 e. The fourth-order valence-corrected chi connectivity index (χ4v) is 4.15. The number of halogens is 1. The Hall–Kier alpha value is -2.18. The van der Waals surface area contributed by atoms with Gasteiger partial charge in [-0.3, -0.25) is 4.79 Å². The first-order valence-electron chi connectivity index (χ1n) is 10.3. The van der Waals surface area contributed by atoms with Crippen LogP contribution in [0.4, 0.5) is 4.39 Å². The third-order valence-electron chi connectivity index (χ3n) is 5.61. The fourth-order valence-electron chi connectivity index (χ4n) is 4.15. The first-order chi connectivity index (χ1) is 14.0. The van der Waals surface area contributed by atoms with Crippen molar-refractivity contribution in [1.82, 2.24) is 0 Å². The molecule has 2 saturated heterocycles. The van der Waals surface area contributed by atoms with Crippen molar-refractivity contribution < 1.29 is 28.9 Å². The van der Waals surface area contributed by atoms with Crippen molar-refractivity contribution in [2.24, 2.45) is 11.8 Å². The molecule has 1 unspecified atom stereocenters. The molecule has 2 heterocycles. The Morgan fingerprint density at radius 2 is 2.00 bits per heavy atom. The maximum absolute atomic E-state index is 12.9. The lowest BCUT2D eigenvalue weighted by Crippen LogP contribution is -2.26. The standard InChI is InChI=1S/C23H29FO5/c24-16-7-10-18(11-8-16)28-15-17(25)9-12-20-19(21-13-14-22(20)29-21)5-3-1-2-4-6-23(26)27/h1,3,7-12,17,19-22,25H,2,4-6,13-15H2,(H,26,27)/b3-1-,12-9+/t17?,19-,20+,21-,22+/m0/s1. The number of rotatable bonds is 11. The number of benzene rings is 1. The van der Waals surface area contributed by atoms with Crippen LogP contribution >= 0.6 is 0 Å². The summed E-state index contributed by atoms with van der Waals surface area (Å²) in [6.45, 7) is 0.109. The molecule has 1 aromatic carbocycles. The Balaban J connectivity index is 1.46. The Labute approximate surface area is 170 Å². The lowest BCUT2D eigenvalue weighted by Gasteiger charge is -2.25. The number of aliphatic hydroxyl groups excluding tert-OH is 1. The Morgan fingerprint density at radius 1 is 1.24 bits per heavy atom. The van der Waals surface area contributed by atoms with Gasteiger partial charge in [0.15, 0.2) is 0 Å². The molecule has 1 aromatic rings. The van der Waals surface area contributed by atoms with Crippen molar-refractivity contribution in [3.8, 4) is 5.75 Å². The maximum Gasteiger partial charge on any atom is 0.303 e. The molecule has 0 spiro atoms. The molecule has 2 fully saturated rings. The number of unbranched alkanes of at least 4 members (excludes halogenated alkanes) is 1. The monoisotopic (exact) mass is 404 g/mol. The van der Waals surface area contributed by atoms with E-state index in [9.17, 15) is 14.3 Å². The Bertz CT molecular complexity index is 714. The molecular weight excluding hydrogens is 375 g/mol. The summed E-state index contributed by atoms with van der Waals surface area (Å²) in [5.41, 5.74) is 0. The summed E-state index contributed by atoms with van der Waals surface area (Å²) in [5, 5.41) is 18.9. The van der Waals surface area contributed by atoms with E-state index >= 15 is 0 Å². The van der Waals surface area contributed by atoms with Gasteiger partial charge < -0.3 is 19.7 Å². The zero-order valence-corrected chi connectivity index (χ0v) is 16.5. The smallest absolute Gasteiger partial charge is 0.303 e. The van der Waals surface area contributed by atoms with Gasteiger partial charge in [0.05, 0.1) is 12.2 Å². The molecule has 6 heteroatoms. The molecule has 2 bridgehead atoms. The molecule has 0 aliphatic carbocycles. The molecule has 0 saturated carbocycles. The quantitative estimate of drug-likeness (QED) is 0.429. The minimum Gasteiger partial charge on any atom is -0.491 e. The van der Waals surface area contributed by atoms with Crippen LogP contribution < -0.4 is 4.74 Å². The summed E-state index contributed by atoms with van der Waals surface area (Å²) >= 11 is 0. The highest BCUT2D eigenvalue weighted by atomic mass is 19.1. The zero-order chi connectivity index (χ0) is 20.6. The van der Waals surface area contributed by atoms with Gasteiger partial charge in [-0.1, -0.05) is 24.3 Å². The summed E-state index contributed by atoms with van der Waals surface area (Å²) in [5.74, 6) is 0.0833. The van der Waals surface area contributed by atoms with Gasteiger partial charge in [-0.15, -0.1) is 0 Å². The zero-order valence-electron chi connectivity index (χ0n) is 16.5. The van der Waals surface area contributed by atoms with Crippen molar-refractivity contribution in [1.29, 1.82) is 0 Å². The third kappa shape index (κ3) is 6.41. The number of carbonyl (C=O) groups is 1. The second kappa shape index (κ2) is 10.6. The van der Waals surface area contributed by atoms with Crippen LogP contribution in [0.3, 0.4) is 0 Å². The number of aliphatic carboxylic acids is 1. The van der Waals surface area contributed by atoms with Crippen LogP contribution in [0.25, 0.3) is 0 Å². The van der Waals surface area contributed by atoms with E-state index in [1.54, 1.807) is 6.08 Å². The molecule has 158 valence electrons. The van der Waals surface area contributed by atoms with Crippen LogP contribution in [0, 0.1) is 17.7 Å². The molecule has 3 rings (SSSR count). The second-order valence-electron chi connectivity index (χ2n) is 7.74. The second-order valence-corrected chi connectivity index (χ2v) is 7.74. The molecule has 0 amide bonds. The van der Waals surface area contributed by atoms with Crippen molar-refractivity contribution in [2.45, 2.75) is 56.8 Å². The van der Waals surface area contributed by atoms with Gasteiger partial charge in [-0.25, -0.2) is 4.39 Å². The van der Waals surface area contributed by atoms with E-state index in [0.717, 1.165) is 25.7 Å². The van der Waals surface area contributed by atoms with E-state index in [4.69, 9.17) is 14.6 Å². The molecule has 5 nitrogen and oxygen atoms in total. The van der Waals surface area contributed by atoms with Crippen LogP contribution in [-0.4, -0.2) is 41.1 Å². The van der Waals surface area contributed by atoms with Gasteiger partial charge in [0.2, 0.25) is 0 Å². The van der Waals surface area contributed by atoms with Crippen LogP contribution in [0.2, 0.25) is 0 Å². The maximum atomic E-state index is 12.9. The number of aliphatic hydroxyl groups is 1. The van der Waals surface area contributed by atoms with Crippen molar-refractivity contribution in [2.75, 3.05) is 6.61 Å². The Morgan fingerprint density at radius 3 is 2.76 bits per heavy atom. The van der Waals surface area contributed by atoms with Gasteiger partial charge in [0.25, 0.3) is 0 Å². The van der Waals surface area contributed by atoms with Crippen molar-refractivity contribution in [3.05, 3.63) is 54.4 Å². The van der Waals surface area contributed by atoms with E-state index in [1.165, 1.54) is 24.3 Å². The van der Waals surface area contributed by atoms with Crippen LogP contribution in [0.5, 0.6) is 5.75 Å². The normalized spacial score (nSPS) is 27.1. The number of hydrogen-bond donors (Lipinski definition) is 2. The Kier molecular flexibility index (Phi) is 7.83. The molecular formula is C23H29FO5. The van der Waals surface area contributed by atoms with E-state index in [0.29, 0.717) is 18.1 Å². The summed E-state index contributed by atoms with van der Waals surface area (Å²) in [4.78, 5) is 10.5. The number of ether oxygens (including phenoxy) is 2. The van der Waals surface area contributed by atoms with Crippen LogP contribution in [0.15, 0.2) is 48.6 Å². The molecule has 2 N–H and O–H groups in total. The number of carboxylic acids is 1. The molecule has 0 radical (unpaired) electrons. The van der Waals surface area contributed by atoms with Gasteiger partial charge >= 0.3 is 5.97 Å². The van der Waals surface area contributed by atoms with Gasteiger partial charge in [-0.05, 0) is 62.3 Å². The number of carboxylic acid groups (broad SMARTS) is 1. The predicted octanol–water partition coefficient (Wildman–Crippen LogP) is 4.12. The molecule has 5 atom stereocenters. The molecule has 29 heavy (non-hydrogen) atoms. The lowest BCUT2D eigenvalue weighted by atomic mass is 9.77. The molecule has 2 aliphatic rings. The van der Waals surface area contributed by atoms with E-state index in [2.05, 4.69) is 12.2 Å². The number of allylic oxidation sites excluding steroid dienone is 2. The highest BCUT2D eigenvalue weighted by Gasteiger charge is 2.46. The topological polar surface area (TPSA) is 76.0 Å². The molecule has 2 aliphatic heterocycles. The summed E-state index contributed by atoms with van der Waals surface area (Å²) in [6.07, 6.45) is 12.3. The van der Waals surface area contributed by atoms with E-state index < -0.39 is 12.1 Å². The highest BCUT2D eigenvalue weighted by Crippen LogP contribution is 2.45. The number of fused-ring (bicyclic) bond motifs is 2. The average molecular weight is 404 g/mol. The van der Waals surface area contributed by atoms with Gasteiger partial charge in [-0.2, -0.15) is 0 Å². The molecule has 0 aromatic heterocycles. The fraction of sp³-hybridized carbons (Fsp3) is 0.522. The first kappa shape index (κ1) is 21.5. The average Bonchev–Trinajstić information content (AvgIpc) is 3.30.